The van der Waals surface area contributed by atoms with Crippen molar-refractivity contribution in [3.05, 3.63) is 66.1 Å². The maximum absolute atomic E-state index is 15.5. The van der Waals surface area contributed by atoms with Gasteiger partial charge in [0.25, 0.3) is 5.91 Å². The molecule has 5 rings (SSSR count). The Morgan fingerprint density at radius 2 is 1.91 bits per heavy atom. The highest BCUT2D eigenvalue weighted by molar-refractivity contribution is 5.96. The number of ether oxygens (including phenoxy) is 1. The number of rotatable bonds is 7. The number of nitrogens with two attached hydrogens (primary N) is 1. The number of hydrogen-bond acceptors (Lipinski definition) is 9. The monoisotopic (exact) mass is 593 g/mol. The summed E-state index contributed by atoms with van der Waals surface area (Å²) in [6, 6.07) is 6.22. The molecule has 3 atom stereocenters. The van der Waals surface area contributed by atoms with Crippen LogP contribution in [0.1, 0.15) is 31.1 Å². The number of pyridine rings is 1. The van der Waals surface area contributed by atoms with E-state index in [2.05, 4.69) is 35.9 Å². The molecule has 3 aromatic heterocycles. The summed E-state index contributed by atoms with van der Waals surface area (Å²) in [6.07, 6.45) is 4.32. The Morgan fingerprint density at radius 1 is 1.12 bits per heavy atom. The predicted octanol–water partition coefficient (Wildman–Crippen LogP) is 3.46. The van der Waals surface area contributed by atoms with Gasteiger partial charge in [-0.2, -0.15) is 9.61 Å². The fourth-order valence-electron chi connectivity index (χ4n) is 5.25. The second-order valence-electron chi connectivity index (χ2n) is 10.8. The lowest BCUT2D eigenvalue weighted by Crippen LogP contribution is -2.62. The van der Waals surface area contributed by atoms with Gasteiger partial charge >= 0.3 is 6.09 Å². The average molecular weight is 594 g/mol. The minimum absolute atomic E-state index is 0.00326. The van der Waals surface area contributed by atoms with Crippen LogP contribution in [0.15, 0.2) is 48.9 Å². The van der Waals surface area contributed by atoms with E-state index in [1.807, 2.05) is 13.0 Å². The summed E-state index contributed by atoms with van der Waals surface area (Å²) in [5, 5.41) is 13.1. The molecule has 0 bridgehead atoms. The molecule has 43 heavy (non-hydrogen) atoms. The van der Waals surface area contributed by atoms with E-state index in [-0.39, 0.29) is 41.2 Å². The van der Waals surface area contributed by atoms with Crippen molar-refractivity contribution in [2.75, 3.05) is 30.4 Å². The lowest BCUT2D eigenvalue weighted by molar-refractivity contribution is 0.0939. The number of nitrogens with one attached hydrogen (secondary N) is 3. The SMILES string of the molecule is COC(=O)N[C@@H]1[C@H](N)CN(c2ccncc2Nc2ncc3ccc(-c4c(F)ccc(C(=O)NC(C)C)c4F)nn23)C[C@@H]1C. The number of hydrogen-bond donors (Lipinski definition) is 4. The normalized spacial score (nSPS) is 18.5. The van der Waals surface area contributed by atoms with E-state index in [9.17, 15) is 14.0 Å². The standard InChI is InChI=1S/C29H33F2N9O3/c1-15(2)35-27(41)18-6-7-19(30)24(25(18)31)21-8-5-17-11-34-28(40(17)38-21)36-22-12-33-10-9-23(22)39-13-16(3)26(20(32)14-39)37-29(42)43-4/h5-12,15-16,20,26H,13-14,32H2,1-4H3,(H,34,36)(H,35,41)(H,37,42)/t16-,20+,26-/m0/s1. The number of halogens is 2. The number of aromatic nitrogens is 4. The predicted molar refractivity (Wildman–Crippen MR) is 157 cm³/mol. The molecular weight excluding hydrogens is 560 g/mol. The van der Waals surface area contributed by atoms with Gasteiger partial charge in [0.2, 0.25) is 5.95 Å². The number of carbonyl (C=O) groups excluding carboxylic acids is 2. The molecule has 1 aliphatic heterocycles. The van der Waals surface area contributed by atoms with Crippen molar-refractivity contribution in [1.29, 1.82) is 0 Å². The Balaban J connectivity index is 1.45. The molecule has 0 saturated carbocycles. The molecule has 0 radical (unpaired) electrons. The molecule has 1 aromatic carbocycles. The summed E-state index contributed by atoms with van der Waals surface area (Å²) >= 11 is 0. The van der Waals surface area contributed by atoms with E-state index >= 15 is 4.39 Å². The number of nitrogens with zero attached hydrogens (tertiary/aromatic N) is 5. The third-order valence-electron chi connectivity index (χ3n) is 7.26. The number of alkyl carbamates (subject to hydrolysis) is 1. The molecule has 0 spiro atoms. The number of methoxy groups -OCH3 is 1. The number of fused-ring (bicyclic) bond motifs is 1. The van der Waals surface area contributed by atoms with Gasteiger partial charge in [0.05, 0.1) is 59.3 Å². The van der Waals surface area contributed by atoms with Gasteiger partial charge in [0, 0.05) is 31.4 Å². The van der Waals surface area contributed by atoms with Crippen LogP contribution < -0.4 is 26.6 Å². The lowest BCUT2D eigenvalue weighted by atomic mass is 9.90. The van der Waals surface area contributed by atoms with Gasteiger partial charge in [-0.3, -0.25) is 9.78 Å². The highest BCUT2D eigenvalue weighted by Crippen LogP contribution is 2.32. The summed E-state index contributed by atoms with van der Waals surface area (Å²) in [4.78, 5) is 35.1. The van der Waals surface area contributed by atoms with Crippen LogP contribution in [0.25, 0.3) is 16.8 Å². The summed E-state index contributed by atoms with van der Waals surface area (Å²) < 4.78 is 36.6. The van der Waals surface area contributed by atoms with Gasteiger partial charge in [-0.1, -0.05) is 6.92 Å². The van der Waals surface area contributed by atoms with Crippen molar-refractivity contribution in [2.24, 2.45) is 11.7 Å². The van der Waals surface area contributed by atoms with Crippen LogP contribution in [0.5, 0.6) is 0 Å². The zero-order chi connectivity index (χ0) is 30.8. The lowest BCUT2D eigenvalue weighted by Gasteiger charge is -2.42. The molecule has 2 amide bonds. The van der Waals surface area contributed by atoms with Crippen molar-refractivity contribution in [3.8, 4) is 11.3 Å². The smallest absolute Gasteiger partial charge is 0.407 e. The number of carbonyl (C=O) groups is 2. The summed E-state index contributed by atoms with van der Waals surface area (Å²) in [5.74, 6) is -2.23. The van der Waals surface area contributed by atoms with Crippen molar-refractivity contribution < 1.29 is 23.1 Å². The number of amides is 2. The quantitative estimate of drug-likeness (QED) is 0.252. The number of benzene rings is 1. The molecule has 4 heterocycles. The summed E-state index contributed by atoms with van der Waals surface area (Å²) in [7, 11) is 1.31. The van der Waals surface area contributed by atoms with Gasteiger partial charge in [0.15, 0.2) is 0 Å². The molecule has 14 heteroatoms. The molecule has 12 nitrogen and oxygen atoms in total. The number of anilines is 3. The van der Waals surface area contributed by atoms with Crippen LogP contribution in [-0.2, 0) is 4.74 Å². The fourth-order valence-corrected chi connectivity index (χ4v) is 5.25. The molecule has 0 aliphatic carbocycles. The molecule has 226 valence electrons. The number of piperidine rings is 1. The second kappa shape index (κ2) is 12.2. The molecule has 1 saturated heterocycles. The Labute approximate surface area is 246 Å². The van der Waals surface area contributed by atoms with E-state index < -0.39 is 29.2 Å². The highest BCUT2D eigenvalue weighted by atomic mass is 19.1. The van der Waals surface area contributed by atoms with E-state index in [0.29, 0.717) is 24.3 Å². The van der Waals surface area contributed by atoms with Gasteiger partial charge in [-0.25, -0.2) is 18.6 Å². The van der Waals surface area contributed by atoms with Gasteiger partial charge in [-0.05, 0) is 50.1 Å². The van der Waals surface area contributed by atoms with Crippen LogP contribution in [0.4, 0.5) is 30.9 Å². The van der Waals surface area contributed by atoms with E-state index in [1.54, 1.807) is 38.5 Å². The minimum atomic E-state index is -1.01. The Bertz CT molecular complexity index is 1650. The third kappa shape index (κ3) is 6.04. The molecule has 0 unspecified atom stereocenters. The highest BCUT2D eigenvalue weighted by Gasteiger charge is 2.34. The molecule has 4 aromatic rings. The van der Waals surface area contributed by atoms with Gasteiger partial charge < -0.3 is 31.3 Å². The van der Waals surface area contributed by atoms with E-state index in [0.717, 1.165) is 17.8 Å². The van der Waals surface area contributed by atoms with Crippen molar-refractivity contribution >= 4 is 34.8 Å². The summed E-state index contributed by atoms with van der Waals surface area (Å²) in [5.41, 5.74) is 7.68. The topological polar surface area (TPSA) is 152 Å². The second-order valence-corrected chi connectivity index (χ2v) is 10.8. The van der Waals surface area contributed by atoms with Crippen molar-refractivity contribution in [1.82, 2.24) is 30.2 Å². The Kier molecular flexibility index (Phi) is 8.39. The van der Waals surface area contributed by atoms with Gasteiger partial charge in [0.1, 0.15) is 11.6 Å². The first kappa shape index (κ1) is 29.6. The molecular formula is C29H33F2N9O3. The molecule has 1 fully saturated rings. The first-order valence-electron chi connectivity index (χ1n) is 13.8. The maximum Gasteiger partial charge on any atom is 0.407 e. The van der Waals surface area contributed by atoms with Gasteiger partial charge in [-0.15, -0.1) is 0 Å². The van der Waals surface area contributed by atoms with Crippen LogP contribution in [0, 0.1) is 17.6 Å². The Morgan fingerprint density at radius 3 is 2.63 bits per heavy atom. The third-order valence-corrected chi connectivity index (χ3v) is 7.26. The first-order valence-corrected chi connectivity index (χ1v) is 13.8. The minimum Gasteiger partial charge on any atom is -0.453 e. The van der Waals surface area contributed by atoms with Crippen molar-refractivity contribution in [2.45, 2.75) is 38.9 Å². The zero-order valence-electron chi connectivity index (χ0n) is 24.1. The summed E-state index contributed by atoms with van der Waals surface area (Å²) in [6.45, 7) is 6.52. The largest absolute Gasteiger partial charge is 0.453 e. The molecule has 5 N–H and O–H groups in total. The van der Waals surface area contributed by atoms with Crippen molar-refractivity contribution in [3.63, 3.8) is 0 Å². The average Bonchev–Trinajstić information content (AvgIpc) is 3.36. The Hall–Kier alpha value is -4.85. The van der Waals surface area contributed by atoms with Crippen LogP contribution in [-0.4, -0.2) is 69.9 Å². The van der Waals surface area contributed by atoms with Crippen LogP contribution >= 0.6 is 0 Å². The van der Waals surface area contributed by atoms with E-state index in [4.69, 9.17) is 10.5 Å². The zero-order valence-corrected chi connectivity index (χ0v) is 24.1. The first-order chi connectivity index (χ1) is 20.6. The number of imidazole rings is 1. The van der Waals surface area contributed by atoms with E-state index in [1.165, 1.54) is 17.7 Å². The maximum atomic E-state index is 15.5. The van der Waals surface area contributed by atoms with Crippen LogP contribution in [0.2, 0.25) is 0 Å². The van der Waals surface area contributed by atoms with Crippen LogP contribution in [0.3, 0.4) is 0 Å². The molecule has 1 aliphatic rings. The fraction of sp³-hybridized carbons (Fsp3) is 0.345.